The monoisotopic (exact) mass is 456 g/mol. The summed E-state index contributed by atoms with van der Waals surface area (Å²) in [6.07, 6.45) is 3.89. The van der Waals surface area contributed by atoms with Crippen LogP contribution in [-0.2, 0) is 9.53 Å². The number of thiazole rings is 1. The number of nitrogens with zero attached hydrogens (tertiary/aromatic N) is 2. The summed E-state index contributed by atoms with van der Waals surface area (Å²) in [6, 6.07) is 11.3. The summed E-state index contributed by atoms with van der Waals surface area (Å²) in [7, 11) is 0. The molecule has 1 atom stereocenters. The lowest BCUT2D eigenvalue weighted by atomic mass is 9.96. The molecule has 1 aliphatic heterocycles. The zero-order chi connectivity index (χ0) is 21.3. The number of ether oxygens (including phenoxy) is 1. The van der Waals surface area contributed by atoms with E-state index in [-0.39, 0.29) is 12.2 Å². The van der Waals surface area contributed by atoms with Gasteiger partial charge in [-0.2, -0.15) is 0 Å². The van der Waals surface area contributed by atoms with Crippen molar-refractivity contribution in [2.75, 3.05) is 12.9 Å². The largest absolute Gasteiger partial charge is 0.463 e. The van der Waals surface area contributed by atoms with Gasteiger partial charge in [-0.05, 0) is 55.3 Å². The number of thiophene rings is 1. The van der Waals surface area contributed by atoms with Crippen LogP contribution in [0, 0.1) is 0 Å². The van der Waals surface area contributed by atoms with Crippen molar-refractivity contribution in [3.05, 3.63) is 83.2 Å². The average Bonchev–Trinajstić information content (AvgIpc) is 3.36. The Bertz CT molecular complexity index is 1280. The second kappa shape index (κ2) is 8.75. The highest BCUT2D eigenvalue weighted by Gasteiger charge is 2.33. The fourth-order valence-electron chi connectivity index (χ4n) is 3.40. The molecule has 5 nitrogen and oxygen atoms in total. The highest BCUT2D eigenvalue weighted by molar-refractivity contribution is 7.98. The predicted octanol–water partition coefficient (Wildman–Crippen LogP) is 3.58. The summed E-state index contributed by atoms with van der Waals surface area (Å²) in [5.41, 5.74) is 1.69. The first-order chi connectivity index (χ1) is 14.5. The molecule has 0 unspecified atom stereocenters. The number of fused-ring (bicyclic) bond motifs is 1. The van der Waals surface area contributed by atoms with Gasteiger partial charge in [-0.3, -0.25) is 9.36 Å². The lowest BCUT2D eigenvalue weighted by Gasteiger charge is -2.24. The molecular formula is C22H20N2O3S3. The van der Waals surface area contributed by atoms with Crippen LogP contribution < -0.4 is 14.9 Å². The Morgan fingerprint density at radius 3 is 2.70 bits per heavy atom. The maximum Gasteiger partial charge on any atom is 0.338 e. The van der Waals surface area contributed by atoms with E-state index in [1.54, 1.807) is 41.5 Å². The summed E-state index contributed by atoms with van der Waals surface area (Å²) < 4.78 is 7.54. The summed E-state index contributed by atoms with van der Waals surface area (Å²) in [5, 5.41) is 1.97. The molecule has 4 rings (SSSR count). The molecule has 3 heterocycles. The Hall–Kier alpha value is -2.42. The van der Waals surface area contributed by atoms with E-state index in [1.165, 1.54) is 11.3 Å². The Kier molecular flexibility index (Phi) is 6.08. The maximum atomic E-state index is 13.4. The first-order valence-corrected chi connectivity index (χ1v) is 12.3. The average molecular weight is 457 g/mol. The zero-order valence-electron chi connectivity index (χ0n) is 16.7. The third-order valence-corrected chi connectivity index (χ3v) is 7.31. The van der Waals surface area contributed by atoms with Gasteiger partial charge in [-0.25, -0.2) is 9.79 Å². The number of carbonyl (C=O) groups is 1. The van der Waals surface area contributed by atoms with Gasteiger partial charge >= 0.3 is 5.97 Å². The number of thioether (sulfide) groups is 1. The standard InChI is InChI=1S/C22H20N2O3S3/c1-4-27-21(26)18-13(2)23-22-24(19(18)14-7-9-15(28-3)10-8-14)20(25)17(30-22)12-16-6-5-11-29-16/h5-12,19H,4H2,1-3H3/b17-12-/t19-/m0/s1. The van der Waals surface area contributed by atoms with Crippen LogP contribution in [0.15, 0.2) is 67.7 Å². The van der Waals surface area contributed by atoms with E-state index in [2.05, 4.69) is 4.99 Å². The van der Waals surface area contributed by atoms with Crippen LogP contribution in [0.25, 0.3) is 6.08 Å². The van der Waals surface area contributed by atoms with E-state index in [1.807, 2.05) is 54.1 Å². The van der Waals surface area contributed by atoms with Crippen LogP contribution in [0.5, 0.6) is 0 Å². The molecule has 0 bridgehead atoms. The molecule has 2 aromatic heterocycles. The minimum absolute atomic E-state index is 0.152. The van der Waals surface area contributed by atoms with Gasteiger partial charge in [0.1, 0.15) is 0 Å². The summed E-state index contributed by atoms with van der Waals surface area (Å²) in [4.78, 5) is 33.5. The Morgan fingerprint density at radius 2 is 2.07 bits per heavy atom. The highest BCUT2D eigenvalue weighted by Crippen LogP contribution is 2.31. The van der Waals surface area contributed by atoms with E-state index in [4.69, 9.17) is 4.74 Å². The van der Waals surface area contributed by atoms with Crippen molar-refractivity contribution in [1.29, 1.82) is 0 Å². The lowest BCUT2D eigenvalue weighted by Crippen LogP contribution is -2.39. The SMILES string of the molecule is CCOC(=O)C1=C(C)N=c2s/c(=C\c3cccs3)c(=O)n2[C@H]1c1ccc(SC)cc1. The zero-order valence-corrected chi connectivity index (χ0v) is 19.2. The molecule has 8 heteroatoms. The number of allylic oxidation sites excluding steroid dienone is 1. The highest BCUT2D eigenvalue weighted by atomic mass is 32.2. The fraction of sp³-hybridized carbons (Fsp3) is 0.227. The Labute approximate surface area is 186 Å². The third kappa shape index (κ3) is 3.82. The van der Waals surface area contributed by atoms with Crippen molar-refractivity contribution >= 4 is 46.5 Å². The quantitative estimate of drug-likeness (QED) is 0.435. The second-order valence-corrected chi connectivity index (χ2v) is 9.46. The number of carbonyl (C=O) groups excluding carboxylic acids is 1. The molecule has 0 fully saturated rings. The first-order valence-electron chi connectivity index (χ1n) is 9.40. The molecule has 1 aliphatic rings. The molecule has 0 saturated heterocycles. The molecular weight excluding hydrogens is 436 g/mol. The summed E-state index contributed by atoms with van der Waals surface area (Å²) in [5.74, 6) is -0.440. The number of hydrogen-bond acceptors (Lipinski definition) is 7. The van der Waals surface area contributed by atoms with Crippen molar-refractivity contribution in [2.45, 2.75) is 24.8 Å². The maximum absolute atomic E-state index is 13.4. The molecule has 0 N–H and O–H groups in total. The Balaban J connectivity index is 1.95. The minimum atomic E-state index is -0.568. The smallest absolute Gasteiger partial charge is 0.338 e. The van der Waals surface area contributed by atoms with Crippen LogP contribution in [0.1, 0.15) is 30.3 Å². The van der Waals surface area contributed by atoms with Crippen molar-refractivity contribution in [3.63, 3.8) is 0 Å². The van der Waals surface area contributed by atoms with Gasteiger partial charge in [0.05, 0.1) is 28.5 Å². The summed E-state index contributed by atoms with van der Waals surface area (Å²) >= 11 is 4.56. The van der Waals surface area contributed by atoms with Crippen LogP contribution in [-0.4, -0.2) is 23.4 Å². The van der Waals surface area contributed by atoms with Gasteiger partial charge in [0, 0.05) is 9.77 Å². The van der Waals surface area contributed by atoms with Gasteiger partial charge < -0.3 is 4.74 Å². The first kappa shape index (κ1) is 20.8. The number of rotatable bonds is 5. The number of benzene rings is 1. The topological polar surface area (TPSA) is 60.7 Å². The van der Waals surface area contributed by atoms with E-state index in [9.17, 15) is 9.59 Å². The van der Waals surface area contributed by atoms with Gasteiger partial charge in [0.2, 0.25) is 0 Å². The molecule has 0 saturated carbocycles. The van der Waals surface area contributed by atoms with Crippen LogP contribution in [0.4, 0.5) is 0 Å². The van der Waals surface area contributed by atoms with E-state index >= 15 is 0 Å². The molecule has 0 aliphatic carbocycles. The van der Waals surface area contributed by atoms with E-state index in [0.717, 1.165) is 15.3 Å². The molecule has 0 spiro atoms. The molecule has 0 amide bonds. The van der Waals surface area contributed by atoms with Gasteiger partial charge in [0.25, 0.3) is 5.56 Å². The van der Waals surface area contributed by atoms with Crippen molar-refractivity contribution in [3.8, 4) is 0 Å². The van der Waals surface area contributed by atoms with Crippen molar-refractivity contribution < 1.29 is 9.53 Å². The van der Waals surface area contributed by atoms with Gasteiger partial charge in [0.15, 0.2) is 4.80 Å². The van der Waals surface area contributed by atoms with Gasteiger partial charge in [-0.15, -0.1) is 23.1 Å². The molecule has 0 radical (unpaired) electrons. The van der Waals surface area contributed by atoms with Gasteiger partial charge in [-0.1, -0.05) is 29.5 Å². The normalized spacial score (nSPS) is 16.4. The predicted molar refractivity (Wildman–Crippen MR) is 123 cm³/mol. The second-order valence-electron chi connectivity index (χ2n) is 6.59. The van der Waals surface area contributed by atoms with Crippen molar-refractivity contribution in [2.24, 2.45) is 4.99 Å². The van der Waals surface area contributed by atoms with Crippen LogP contribution in [0.2, 0.25) is 0 Å². The van der Waals surface area contributed by atoms with E-state index < -0.39 is 12.0 Å². The molecule has 30 heavy (non-hydrogen) atoms. The summed E-state index contributed by atoms with van der Waals surface area (Å²) in [6.45, 7) is 3.83. The lowest BCUT2D eigenvalue weighted by molar-refractivity contribution is -0.139. The molecule has 3 aromatic rings. The van der Waals surface area contributed by atoms with E-state index in [0.29, 0.717) is 20.6 Å². The fourth-order valence-corrected chi connectivity index (χ4v) is 5.57. The number of esters is 1. The number of aromatic nitrogens is 1. The van der Waals surface area contributed by atoms with Crippen LogP contribution >= 0.6 is 34.4 Å². The minimum Gasteiger partial charge on any atom is -0.463 e. The molecule has 154 valence electrons. The van der Waals surface area contributed by atoms with Crippen LogP contribution in [0.3, 0.4) is 0 Å². The Morgan fingerprint density at radius 1 is 1.30 bits per heavy atom. The number of hydrogen-bond donors (Lipinski definition) is 0. The molecule has 1 aromatic carbocycles. The third-order valence-electron chi connectivity index (χ3n) is 4.77. The van der Waals surface area contributed by atoms with Crippen molar-refractivity contribution in [1.82, 2.24) is 4.57 Å².